The molecule has 3 aromatic rings. The summed E-state index contributed by atoms with van der Waals surface area (Å²) in [6.45, 7) is 1.21. The summed E-state index contributed by atoms with van der Waals surface area (Å²) >= 11 is 5.96. The number of alkyl halides is 3. The van der Waals surface area contributed by atoms with Crippen molar-refractivity contribution >= 4 is 23.2 Å². The number of carbonyl (C=O) groups is 2. The molecule has 0 N–H and O–H groups in total. The van der Waals surface area contributed by atoms with Gasteiger partial charge >= 0.3 is 6.18 Å². The lowest BCUT2D eigenvalue weighted by atomic mass is 10.0. The van der Waals surface area contributed by atoms with E-state index in [1.807, 2.05) is 0 Å². The zero-order valence-electron chi connectivity index (χ0n) is 16.0. The van der Waals surface area contributed by atoms with E-state index in [1.165, 1.54) is 11.7 Å². The average Bonchev–Trinajstić information content (AvgIpc) is 2.98. The van der Waals surface area contributed by atoms with Crippen LogP contribution in [0.1, 0.15) is 37.5 Å². The Balaban J connectivity index is 1.90. The Labute approximate surface area is 175 Å². The highest BCUT2D eigenvalue weighted by Crippen LogP contribution is 2.34. The number of ether oxygens (including phenoxy) is 1. The first-order valence-electron chi connectivity index (χ1n) is 8.75. The number of benzene rings is 2. The normalized spacial score (nSPS) is 11.4. The van der Waals surface area contributed by atoms with Crippen molar-refractivity contribution in [3.8, 4) is 5.88 Å². The monoisotopic (exact) mass is 436 g/mol. The van der Waals surface area contributed by atoms with Gasteiger partial charge in [0.25, 0.3) is 0 Å². The second-order valence-electron chi connectivity index (χ2n) is 6.49. The third kappa shape index (κ3) is 4.38. The molecule has 1 heterocycles. The summed E-state index contributed by atoms with van der Waals surface area (Å²) in [6, 6.07) is 10.9. The molecule has 0 saturated heterocycles. The van der Waals surface area contributed by atoms with Gasteiger partial charge in [-0.1, -0.05) is 41.9 Å². The molecule has 0 bridgehead atoms. The van der Waals surface area contributed by atoms with Crippen LogP contribution in [0.15, 0.2) is 48.5 Å². The van der Waals surface area contributed by atoms with Crippen LogP contribution in [0.5, 0.6) is 5.88 Å². The molecule has 2 aromatic carbocycles. The molecule has 0 aliphatic carbocycles. The highest BCUT2D eigenvalue weighted by molar-refractivity contribution is 6.35. The van der Waals surface area contributed by atoms with Crippen molar-refractivity contribution in [1.29, 1.82) is 0 Å². The lowest BCUT2D eigenvalue weighted by Crippen LogP contribution is -2.15. The van der Waals surface area contributed by atoms with Gasteiger partial charge in [-0.15, -0.1) is 0 Å². The maximum atomic E-state index is 13.0. The van der Waals surface area contributed by atoms with Gasteiger partial charge in [-0.05, 0) is 25.1 Å². The summed E-state index contributed by atoms with van der Waals surface area (Å²) in [5.41, 5.74) is -0.326. The highest BCUT2D eigenvalue weighted by Gasteiger charge is 2.32. The molecule has 0 atom stereocenters. The summed E-state index contributed by atoms with van der Waals surface area (Å²) in [4.78, 5) is 25.3. The predicted molar refractivity (Wildman–Crippen MR) is 104 cm³/mol. The number of hydrogen-bond donors (Lipinski definition) is 0. The molecule has 5 nitrogen and oxygen atoms in total. The molecule has 0 spiro atoms. The molecule has 3 rings (SSSR count). The maximum Gasteiger partial charge on any atom is 0.416 e. The fourth-order valence-electron chi connectivity index (χ4n) is 2.92. The van der Waals surface area contributed by atoms with Crippen molar-refractivity contribution in [2.75, 3.05) is 6.61 Å². The van der Waals surface area contributed by atoms with Crippen molar-refractivity contribution in [2.24, 2.45) is 7.05 Å². The number of rotatable bonds is 6. The van der Waals surface area contributed by atoms with Gasteiger partial charge < -0.3 is 4.74 Å². The molecule has 0 unspecified atom stereocenters. The van der Waals surface area contributed by atoms with E-state index in [4.69, 9.17) is 16.3 Å². The molecule has 30 heavy (non-hydrogen) atoms. The highest BCUT2D eigenvalue weighted by atomic mass is 35.5. The van der Waals surface area contributed by atoms with Crippen molar-refractivity contribution in [3.05, 3.63) is 81.5 Å². The number of nitrogens with zero attached hydrogens (tertiary/aromatic N) is 2. The molecule has 0 radical (unpaired) electrons. The number of aromatic nitrogens is 2. The minimum absolute atomic E-state index is 0.0257. The first-order valence-corrected chi connectivity index (χ1v) is 9.13. The summed E-state index contributed by atoms with van der Waals surface area (Å²) in [6.07, 6.45) is -4.58. The summed E-state index contributed by atoms with van der Waals surface area (Å²) in [7, 11) is 1.53. The van der Waals surface area contributed by atoms with Crippen LogP contribution < -0.4 is 4.74 Å². The Hall–Kier alpha value is -3.13. The van der Waals surface area contributed by atoms with Crippen LogP contribution in [0.4, 0.5) is 13.2 Å². The van der Waals surface area contributed by atoms with Gasteiger partial charge in [0, 0.05) is 18.2 Å². The van der Waals surface area contributed by atoms with Crippen molar-refractivity contribution in [1.82, 2.24) is 9.78 Å². The molecule has 156 valence electrons. The minimum Gasteiger partial charge on any atom is -0.469 e. The van der Waals surface area contributed by atoms with Crippen LogP contribution in [-0.4, -0.2) is 28.0 Å². The number of carbonyl (C=O) groups excluding carboxylic acids is 2. The van der Waals surface area contributed by atoms with Crippen LogP contribution in [-0.2, 0) is 13.2 Å². The standard InChI is InChI=1S/C21H16ClF3N2O3/c1-12-18(19(29)15-9-8-14(10-16(15)22)21(23,24)25)20(27(2)26-12)30-11-17(28)13-6-4-3-5-7-13/h3-10H,11H2,1-2H3. The van der Waals surface area contributed by atoms with Gasteiger partial charge in [0.05, 0.1) is 16.3 Å². The molecule has 0 saturated carbocycles. The molecule has 0 aliphatic rings. The number of aryl methyl sites for hydroxylation is 2. The minimum atomic E-state index is -4.58. The van der Waals surface area contributed by atoms with Crippen LogP contribution in [0.3, 0.4) is 0 Å². The second-order valence-corrected chi connectivity index (χ2v) is 6.90. The SMILES string of the molecule is Cc1nn(C)c(OCC(=O)c2ccccc2)c1C(=O)c1ccc(C(F)(F)F)cc1Cl. The number of Topliss-reactive ketones (excluding diaryl/α,β-unsaturated/α-hetero) is 1. The fourth-order valence-corrected chi connectivity index (χ4v) is 3.18. The Morgan fingerprint density at radius 3 is 2.40 bits per heavy atom. The molecule has 0 aliphatic heterocycles. The van der Waals surface area contributed by atoms with Gasteiger partial charge in [-0.25, -0.2) is 4.68 Å². The third-order valence-electron chi connectivity index (χ3n) is 4.37. The second kappa shape index (κ2) is 8.31. The Morgan fingerprint density at radius 2 is 1.80 bits per heavy atom. The predicted octanol–water partition coefficient (Wildman–Crippen LogP) is 4.89. The Kier molecular flexibility index (Phi) is 5.98. The number of ketones is 2. The number of halogens is 4. The number of hydrogen-bond acceptors (Lipinski definition) is 4. The summed E-state index contributed by atoms with van der Waals surface area (Å²) < 4.78 is 45.5. The van der Waals surface area contributed by atoms with E-state index in [0.717, 1.165) is 12.1 Å². The maximum absolute atomic E-state index is 13.0. The van der Waals surface area contributed by atoms with Gasteiger partial charge in [0.2, 0.25) is 11.7 Å². The summed E-state index contributed by atoms with van der Waals surface area (Å²) in [5.74, 6) is -0.931. The molecular weight excluding hydrogens is 421 g/mol. The van der Waals surface area contributed by atoms with Crippen molar-refractivity contribution in [3.63, 3.8) is 0 Å². The zero-order valence-corrected chi connectivity index (χ0v) is 16.7. The zero-order chi connectivity index (χ0) is 22.1. The lowest BCUT2D eigenvalue weighted by Gasteiger charge is -2.11. The smallest absolute Gasteiger partial charge is 0.416 e. The summed E-state index contributed by atoms with van der Waals surface area (Å²) in [5, 5.41) is 3.79. The van der Waals surface area contributed by atoms with Crippen LogP contribution >= 0.6 is 11.6 Å². The van der Waals surface area contributed by atoms with Crippen LogP contribution in [0, 0.1) is 6.92 Å². The van der Waals surface area contributed by atoms with E-state index < -0.39 is 17.5 Å². The third-order valence-corrected chi connectivity index (χ3v) is 4.69. The van der Waals surface area contributed by atoms with Crippen molar-refractivity contribution in [2.45, 2.75) is 13.1 Å². The molecule has 1 aromatic heterocycles. The molecule has 9 heteroatoms. The fraction of sp³-hybridized carbons (Fsp3) is 0.190. The van der Waals surface area contributed by atoms with Crippen molar-refractivity contribution < 1.29 is 27.5 Å². The van der Waals surface area contributed by atoms with Gasteiger partial charge in [0.1, 0.15) is 5.56 Å². The van der Waals surface area contributed by atoms with Gasteiger partial charge in [-0.3, -0.25) is 9.59 Å². The quantitative estimate of drug-likeness (QED) is 0.516. The van der Waals surface area contributed by atoms with Crippen LogP contribution in [0.2, 0.25) is 5.02 Å². The van der Waals surface area contributed by atoms with E-state index in [-0.39, 0.29) is 34.4 Å². The molecular formula is C21H16ClF3N2O3. The molecule has 0 fully saturated rings. The first kappa shape index (κ1) is 21.6. The van der Waals surface area contributed by atoms with Crippen LogP contribution in [0.25, 0.3) is 0 Å². The van der Waals surface area contributed by atoms with E-state index in [2.05, 4.69) is 5.10 Å². The topological polar surface area (TPSA) is 61.2 Å². The molecule has 0 amide bonds. The van der Waals surface area contributed by atoms with E-state index in [9.17, 15) is 22.8 Å². The van der Waals surface area contributed by atoms with E-state index in [0.29, 0.717) is 17.3 Å². The van der Waals surface area contributed by atoms with Gasteiger partial charge in [-0.2, -0.15) is 18.3 Å². The Morgan fingerprint density at radius 1 is 1.13 bits per heavy atom. The van der Waals surface area contributed by atoms with Gasteiger partial charge in [0.15, 0.2) is 12.4 Å². The van der Waals surface area contributed by atoms with E-state index in [1.54, 1.807) is 37.3 Å². The van der Waals surface area contributed by atoms with E-state index >= 15 is 0 Å². The first-order chi connectivity index (χ1) is 14.1. The Bertz CT molecular complexity index is 1110. The lowest BCUT2D eigenvalue weighted by molar-refractivity contribution is -0.137. The average molecular weight is 437 g/mol. The largest absolute Gasteiger partial charge is 0.469 e.